The summed E-state index contributed by atoms with van der Waals surface area (Å²) in [6.45, 7) is 4.30. The number of halogens is 3. The van der Waals surface area contributed by atoms with E-state index < -0.39 is 18.1 Å². The monoisotopic (exact) mass is 383 g/mol. The van der Waals surface area contributed by atoms with Gasteiger partial charge in [0.25, 0.3) is 5.91 Å². The average Bonchev–Trinajstić information content (AvgIpc) is 2.58. The number of fused-ring (bicyclic) bond motifs is 3. The van der Waals surface area contributed by atoms with Gasteiger partial charge in [0.1, 0.15) is 18.4 Å². The maximum Gasteiger partial charge on any atom is 0.395 e. The van der Waals surface area contributed by atoms with Crippen molar-refractivity contribution in [2.24, 2.45) is 5.10 Å². The lowest BCUT2D eigenvalue weighted by atomic mass is 9.95. The van der Waals surface area contributed by atoms with Crippen LogP contribution in [0.25, 0.3) is 0 Å². The molecule has 0 spiro atoms. The maximum atomic E-state index is 13.4. The predicted octanol–water partition coefficient (Wildman–Crippen LogP) is 1.77. The zero-order chi connectivity index (χ0) is 19.3. The van der Waals surface area contributed by atoms with Crippen molar-refractivity contribution in [1.29, 1.82) is 0 Å². The molecule has 1 fully saturated rings. The summed E-state index contributed by atoms with van der Waals surface area (Å²) in [6.07, 6.45) is -4.37. The van der Waals surface area contributed by atoms with Gasteiger partial charge in [-0.25, -0.2) is 5.43 Å². The quantitative estimate of drug-likeness (QED) is 0.742. The lowest BCUT2D eigenvalue weighted by Gasteiger charge is -2.39. The third-order valence-corrected chi connectivity index (χ3v) is 5.19. The van der Waals surface area contributed by atoms with Gasteiger partial charge in [-0.15, -0.1) is 0 Å². The number of hydrogen-bond donors (Lipinski definition) is 3. The summed E-state index contributed by atoms with van der Waals surface area (Å²) < 4.78 is 45.8. The van der Waals surface area contributed by atoms with Crippen molar-refractivity contribution in [3.05, 3.63) is 17.7 Å². The van der Waals surface area contributed by atoms with E-state index in [0.717, 1.165) is 6.92 Å². The second kappa shape index (κ2) is 6.29. The van der Waals surface area contributed by atoms with Gasteiger partial charge < -0.3 is 20.3 Å². The molecule has 3 aliphatic rings. The van der Waals surface area contributed by atoms with Crippen molar-refractivity contribution < 1.29 is 22.7 Å². The van der Waals surface area contributed by atoms with E-state index in [0.29, 0.717) is 36.0 Å². The van der Waals surface area contributed by atoms with Gasteiger partial charge in [-0.1, -0.05) is 0 Å². The fourth-order valence-corrected chi connectivity index (χ4v) is 3.36. The van der Waals surface area contributed by atoms with E-state index in [1.165, 1.54) is 6.07 Å². The Morgan fingerprint density at radius 3 is 2.74 bits per heavy atom. The van der Waals surface area contributed by atoms with Crippen molar-refractivity contribution in [3.8, 4) is 5.75 Å². The van der Waals surface area contributed by atoms with Crippen molar-refractivity contribution in [2.45, 2.75) is 38.0 Å². The number of amidine groups is 1. The molecule has 4 rings (SSSR count). The highest BCUT2D eigenvalue weighted by atomic mass is 19.4. The van der Waals surface area contributed by atoms with E-state index in [1.807, 2.05) is 0 Å². The topological polar surface area (TPSA) is 78.0 Å². The van der Waals surface area contributed by atoms with Crippen LogP contribution in [-0.2, 0) is 4.79 Å². The molecule has 0 saturated carbocycles. The fourth-order valence-electron chi connectivity index (χ4n) is 3.36. The normalized spacial score (nSPS) is 23.3. The lowest BCUT2D eigenvalue weighted by Crippen LogP contribution is -2.55. The molecule has 0 aromatic heterocycles. The molecule has 1 aromatic carbocycles. The van der Waals surface area contributed by atoms with Gasteiger partial charge in [0.15, 0.2) is 5.84 Å². The van der Waals surface area contributed by atoms with Crippen molar-refractivity contribution in [3.63, 3.8) is 0 Å². The van der Waals surface area contributed by atoms with Crippen molar-refractivity contribution >= 4 is 23.1 Å². The van der Waals surface area contributed by atoms with E-state index in [2.05, 4.69) is 21.2 Å². The molecule has 146 valence electrons. The van der Waals surface area contributed by atoms with E-state index >= 15 is 0 Å². The molecule has 2 atom stereocenters. The largest absolute Gasteiger partial charge is 0.483 e. The molecule has 1 amide bonds. The number of alkyl halides is 3. The Hall–Kier alpha value is -2.49. The van der Waals surface area contributed by atoms with Crippen molar-refractivity contribution in [2.75, 3.05) is 29.9 Å². The van der Waals surface area contributed by atoms with Gasteiger partial charge in [0, 0.05) is 18.8 Å². The van der Waals surface area contributed by atoms with Crippen LogP contribution in [0.4, 0.5) is 24.5 Å². The Labute approximate surface area is 153 Å². The van der Waals surface area contributed by atoms with Gasteiger partial charge >= 0.3 is 6.18 Å². The predicted molar refractivity (Wildman–Crippen MR) is 94.2 cm³/mol. The smallest absolute Gasteiger partial charge is 0.395 e. The number of nitrogens with one attached hydrogen (secondary N) is 3. The molecule has 2 unspecified atom stereocenters. The van der Waals surface area contributed by atoms with Gasteiger partial charge in [-0.3, -0.25) is 4.79 Å². The minimum Gasteiger partial charge on any atom is -0.483 e. The number of carbonyl (C=O) groups excluding carboxylic acids is 1. The molecule has 7 nitrogen and oxygen atoms in total. The molecule has 10 heteroatoms. The molecule has 3 aliphatic heterocycles. The van der Waals surface area contributed by atoms with Gasteiger partial charge in [0.05, 0.1) is 17.6 Å². The Balaban J connectivity index is 1.80. The first kappa shape index (κ1) is 17.9. The summed E-state index contributed by atoms with van der Waals surface area (Å²) in [4.78, 5) is 13.7. The number of anilines is 2. The Bertz CT molecular complexity index is 806. The number of benzene rings is 1. The molecule has 0 radical (unpaired) electrons. The number of carbonyl (C=O) groups is 1. The Morgan fingerprint density at radius 2 is 2.11 bits per heavy atom. The second-order valence-electron chi connectivity index (χ2n) is 7.01. The van der Waals surface area contributed by atoms with Crippen LogP contribution in [0.2, 0.25) is 0 Å². The summed E-state index contributed by atoms with van der Waals surface area (Å²) in [5.41, 5.74) is 3.49. The van der Waals surface area contributed by atoms with Crippen LogP contribution in [-0.4, -0.2) is 49.7 Å². The summed E-state index contributed by atoms with van der Waals surface area (Å²) in [5.74, 6) is -1.10. The second-order valence-corrected chi connectivity index (χ2v) is 7.01. The van der Waals surface area contributed by atoms with Gasteiger partial charge in [-0.2, -0.15) is 18.3 Å². The van der Waals surface area contributed by atoms with E-state index in [9.17, 15) is 18.0 Å². The molecule has 1 aromatic rings. The highest BCUT2D eigenvalue weighted by molar-refractivity contribution is 6.09. The Morgan fingerprint density at radius 1 is 1.37 bits per heavy atom. The molecule has 1 saturated heterocycles. The standard InChI is InChI=1S/C17H20F3N5O2/c1-8(17(18,19)20)11-3-14-13(4-12(11)22-10-5-21-6-10)25-9(2)16(26)24-23-15(25)7-27-14/h3-4,8-10,21-22H,5-7H2,1-2H3,(H,24,26). The first-order valence-electron chi connectivity index (χ1n) is 8.76. The maximum absolute atomic E-state index is 13.4. The minimum atomic E-state index is -4.37. The number of nitrogens with zero attached hydrogens (tertiary/aromatic N) is 2. The lowest BCUT2D eigenvalue weighted by molar-refractivity contribution is -0.146. The number of rotatable bonds is 3. The number of hydrogen-bond acceptors (Lipinski definition) is 6. The molecular weight excluding hydrogens is 363 g/mol. The van der Waals surface area contributed by atoms with Crippen LogP contribution in [0.3, 0.4) is 0 Å². The van der Waals surface area contributed by atoms with E-state index in [1.54, 1.807) is 17.9 Å². The summed E-state index contributed by atoms with van der Waals surface area (Å²) in [6, 6.07) is 2.58. The summed E-state index contributed by atoms with van der Waals surface area (Å²) >= 11 is 0. The van der Waals surface area contributed by atoms with Crippen LogP contribution in [0.1, 0.15) is 25.3 Å². The zero-order valence-corrected chi connectivity index (χ0v) is 14.9. The highest BCUT2D eigenvalue weighted by Crippen LogP contribution is 2.45. The van der Waals surface area contributed by atoms with Crippen LogP contribution >= 0.6 is 0 Å². The SMILES string of the molecule is CC1C(=O)NN=C2COc3cc(C(C)C(F)(F)F)c(NC4CNC4)cc3N21. The van der Waals surface area contributed by atoms with Gasteiger partial charge in [0.2, 0.25) is 0 Å². The zero-order valence-electron chi connectivity index (χ0n) is 14.9. The number of amides is 1. The molecule has 3 heterocycles. The Kier molecular flexibility index (Phi) is 4.17. The fraction of sp³-hybridized carbons (Fsp3) is 0.529. The van der Waals surface area contributed by atoms with Crippen LogP contribution in [0.5, 0.6) is 5.75 Å². The third-order valence-electron chi connectivity index (χ3n) is 5.19. The average molecular weight is 383 g/mol. The molecule has 27 heavy (non-hydrogen) atoms. The molecule has 3 N–H and O–H groups in total. The molecule has 0 bridgehead atoms. The van der Waals surface area contributed by atoms with Crippen LogP contribution in [0, 0.1) is 0 Å². The third kappa shape index (κ3) is 3.07. The summed E-state index contributed by atoms with van der Waals surface area (Å²) in [7, 11) is 0. The van der Waals surface area contributed by atoms with Crippen molar-refractivity contribution in [1.82, 2.24) is 10.7 Å². The minimum absolute atomic E-state index is 0.0574. The number of ether oxygens (including phenoxy) is 1. The van der Waals surface area contributed by atoms with Gasteiger partial charge in [-0.05, 0) is 31.5 Å². The van der Waals surface area contributed by atoms with Crippen LogP contribution in [0.15, 0.2) is 17.2 Å². The van der Waals surface area contributed by atoms with E-state index in [-0.39, 0.29) is 24.1 Å². The molecule has 0 aliphatic carbocycles. The number of hydrazone groups is 1. The first-order chi connectivity index (χ1) is 12.8. The first-order valence-corrected chi connectivity index (χ1v) is 8.76. The molecular formula is C17H20F3N5O2. The van der Waals surface area contributed by atoms with E-state index in [4.69, 9.17) is 4.74 Å². The summed E-state index contributed by atoms with van der Waals surface area (Å²) in [5, 5.41) is 10.3. The highest BCUT2D eigenvalue weighted by Gasteiger charge is 2.41. The van der Waals surface area contributed by atoms with Crippen LogP contribution < -0.4 is 25.7 Å².